The number of rotatable bonds is 4. The predicted molar refractivity (Wildman–Crippen MR) is 85.7 cm³/mol. The molecule has 0 bridgehead atoms. The van der Waals surface area contributed by atoms with Gasteiger partial charge in [-0.2, -0.15) is 4.31 Å². The first-order valence-electron chi connectivity index (χ1n) is 8.00. The zero-order valence-electron chi connectivity index (χ0n) is 13.4. The monoisotopic (exact) mass is 338 g/mol. The van der Waals surface area contributed by atoms with Crippen LogP contribution >= 0.6 is 0 Å². The van der Waals surface area contributed by atoms with Crippen LogP contribution in [0.3, 0.4) is 0 Å². The molecule has 0 radical (unpaired) electrons. The molecule has 2 fully saturated rings. The first-order valence-corrected chi connectivity index (χ1v) is 9.44. The lowest BCUT2D eigenvalue weighted by Gasteiger charge is -2.40. The van der Waals surface area contributed by atoms with E-state index in [2.05, 4.69) is 0 Å². The second-order valence-corrected chi connectivity index (χ2v) is 7.87. The van der Waals surface area contributed by atoms with E-state index in [9.17, 15) is 13.2 Å². The molecule has 3 rings (SSSR count). The van der Waals surface area contributed by atoms with E-state index < -0.39 is 16.1 Å². The largest absolute Gasteiger partial charge is 0.494 e. The van der Waals surface area contributed by atoms with E-state index >= 15 is 0 Å². The quantitative estimate of drug-likeness (QED) is 0.834. The molecule has 0 aliphatic carbocycles. The topological polar surface area (TPSA) is 66.9 Å². The number of carbonyl (C=O) groups is 1. The third kappa shape index (κ3) is 2.83. The fourth-order valence-corrected chi connectivity index (χ4v) is 4.99. The lowest BCUT2D eigenvalue weighted by molar-refractivity contribution is -0.139. The van der Waals surface area contributed by atoms with Gasteiger partial charge >= 0.3 is 0 Å². The Hall–Kier alpha value is -1.60. The van der Waals surface area contributed by atoms with Crippen LogP contribution in [0.1, 0.15) is 26.7 Å². The van der Waals surface area contributed by atoms with E-state index in [1.807, 2.05) is 11.8 Å². The molecule has 7 heteroatoms. The van der Waals surface area contributed by atoms with Crippen LogP contribution in [0.2, 0.25) is 0 Å². The maximum atomic E-state index is 12.9. The van der Waals surface area contributed by atoms with E-state index in [0.29, 0.717) is 18.9 Å². The van der Waals surface area contributed by atoms with Crippen molar-refractivity contribution in [3.8, 4) is 5.75 Å². The minimum atomic E-state index is -3.68. The smallest absolute Gasteiger partial charge is 0.243 e. The summed E-state index contributed by atoms with van der Waals surface area (Å²) >= 11 is 0. The zero-order valence-corrected chi connectivity index (χ0v) is 14.3. The standard InChI is InChI=1S/C16H22N2O4S/c1-3-22-14-6-8-15(9-7-14)23(20,21)18-11-13-5-4-10-17(13)16(19)12(18)2/h6-9,12-13H,3-5,10-11H2,1-2H3/t12-,13+/m1/s1. The summed E-state index contributed by atoms with van der Waals surface area (Å²) in [4.78, 5) is 14.5. The minimum Gasteiger partial charge on any atom is -0.494 e. The Morgan fingerprint density at radius 1 is 1.26 bits per heavy atom. The molecule has 0 N–H and O–H groups in total. The normalized spacial score (nSPS) is 25.5. The van der Waals surface area contributed by atoms with Gasteiger partial charge in [0.25, 0.3) is 0 Å². The third-order valence-corrected chi connectivity index (χ3v) is 6.53. The summed E-state index contributed by atoms with van der Waals surface area (Å²) in [5.74, 6) is 0.546. The van der Waals surface area contributed by atoms with E-state index in [1.54, 1.807) is 31.2 Å². The van der Waals surface area contributed by atoms with Crippen molar-refractivity contribution < 1.29 is 17.9 Å². The summed E-state index contributed by atoms with van der Waals surface area (Å²) in [5, 5.41) is 0. The van der Waals surface area contributed by atoms with Crippen LogP contribution < -0.4 is 4.74 Å². The molecule has 2 heterocycles. The van der Waals surface area contributed by atoms with Crippen molar-refractivity contribution in [1.82, 2.24) is 9.21 Å². The third-order valence-electron chi connectivity index (χ3n) is 4.58. The molecule has 126 valence electrons. The average Bonchev–Trinajstić information content (AvgIpc) is 3.00. The first-order chi connectivity index (χ1) is 10.9. The van der Waals surface area contributed by atoms with Gasteiger partial charge in [0.1, 0.15) is 11.8 Å². The summed E-state index contributed by atoms with van der Waals surface area (Å²) in [5.41, 5.74) is 0. The van der Waals surface area contributed by atoms with Gasteiger partial charge in [-0.05, 0) is 51.0 Å². The summed E-state index contributed by atoms with van der Waals surface area (Å²) in [6, 6.07) is 5.73. The van der Waals surface area contributed by atoms with Gasteiger partial charge in [0, 0.05) is 19.1 Å². The van der Waals surface area contributed by atoms with Crippen molar-refractivity contribution in [1.29, 1.82) is 0 Å². The van der Waals surface area contributed by atoms with Crippen LogP contribution in [0.4, 0.5) is 0 Å². The van der Waals surface area contributed by atoms with Crippen molar-refractivity contribution in [3.63, 3.8) is 0 Å². The molecular weight excluding hydrogens is 316 g/mol. The van der Waals surface area contributed by atoms with Crippen molar-refractivity contribution in [2.75, 3.05) is 19.7 Å². The molecule has 1 aromatic rings. The molecule has 1 amide bonds. The van der Waals surface area contributed by atoms with Crippen LogP contribution in [-0.2, 0) is 14.8 Å². The maximum Gasteiger partial charge on any atom is 0.243 e. The molecule has 0 aromatic heterocycles. The number of hydrogen-bond acceptors (Lipinski definition) is 4. The number of ether oxygens (including phenoxy) is 1. The molecule has 2 aliphatic rings. The fourth-order valence-electron chi connectivity index (χ4n) is 3.36. The van der Waals surface area contributed by atoms with Gasteiger partial charge in [0.15, 0.2) is 0 Å². The second kappa shape index (κ2) is 6.13. The van der Waals surface area contributed by atoms with Crippen LogP contribution in [0.25, 0.3) is 0 Å². The van der Waals surface area contributed by atoms with Crippen molar-refractivity contribution in [2.45, 2.75) is 43.7 Å². The van der Waals surface area contributed by atoms with Gasteiger partial charge in [-0.1, -0.05) is 0 Å². The van der Waals surface area contributed by atoms with Crippen LogP contribution in [-0.4, -0.2) is 55.3 Å². The molecule has 23 heavy (non-hydrogen) atoms. The molecule has 0 saturated carbocycles. The Kier molecular flexibility index (Phi) is 4.33. The molecule has 2 atom stereocenters. The Labute approximate surface area is 137 Å². The summed E-state index contributed by atoms with van der Waals surface area (Å²) in [7, 11) is -3.68. The van der Waals surface area contributed by atoms with Gasteiger partial charge < -0.3 is 9.64 Å². The van der Waals surface area contributed by atoms with Gasteiger partial charge in [-0.25, -0.2) is 8.42 Å². The summed E-state index contributed by atoms with van der Waals surface area (Å²) in [6.45, 7) is 5.19. The van der Waals surface area contributed by atoms with E-state index in [4.69, 9.17) is 4.74 Å². The Morgan fingerprint density at radius 2 is 1.96 bits per heavy atom. The highest BCUT2D eigenvalue weighted by Crippen LogP contribution is 2.30. The molecule has 6 nitrogen and oxygen atoms in total. The van der Waals surface area contributed by atoms with Gasteiger partial charge in [-0.3, -0.25) is 4.79 Å². The summed E-state index contributed by atoms with van der Waals surface area (Å²) < 4.78 is 32.5. The number of sulfonamides is 1. The van der Waals surface area contributed by atoms with Crippen LogP contribution in [0, 0.1) is 0 Å². The molecule has 2 saturated heterocycles. The highest BCUT2D eigenvalue weighted by molar-refractivity contribution is 7.89. The Balaban J connectivity index is 1.87. The number of amides is 1. The van der Waals surface area contributed by atoms with Gasteiger partial charge in [0.05, 0.1) is 11.5 Å². The fraction of sp³-hybridized carbons (Fsp3) is 0.562. The Morgan fingerprint density at radius 3 is 2.61 bits per heavy atom. The molecule has 0 unspecified atom stereocenters. The Bertz CT molecular complexity index is 687. The summed E-state index contributed by atoms with van der Waals surface area (Å²) in [6.07, 6.45) is 1.81. The molecular formula is C16H22N2O4S. The second-order valence-electron chi connectivity index (χ2n) is 5.98. The van der Waals surface area contributed by atoms with E-state index in [0.717, 1.165) is 19.4 Å². The van der Waals surface area contributed by atoms with E-state index in [1.165, 1.54) is 4.31 Å². The number of nitrogens with zero attached hydrogens (tertiary/aromatic N) is 2. The maximum absolute atomic E-state index is 12.9. The highest BCUT2D eigenvalue weighted by Gasteiger charge is 2.45. The van der Waals surface area contributed by atoms with Gasteiger partial charge in [-0.15, -0.1) is 0 Å². The zero-order chi connectivity index (χ0) is 16.6. The lowest BCUT2D eigenvalue weighted by atomic mass is 10.1. The number of benzene rings is 1. The highest BCUT2D eigenvalue weighted by atomic mass is 32.2. The number of fused-ring (bicyclic) bond motifs is 1. The molecule has 2 aliphatic heterocycles. The first kappa shape index (κ1) is 16.3. The van der Waals surface area contributed by atoms with Gasteiger partial charge in [0.2, 0.25) is 15.9 Å². The van der Waals surface area contributed by atoms with Crippen molar-refractivity contribution in [3.05, 3.63) is 24.3 Å². The SMILES string of the molecule is CCOc1ccc(S(=O)(=O)N2C[C@@H]3CCCN3C(=O)[C@H]2C)cc1. The molecule has 0 spiro atoms. The van der Waals surface area contributed by atoms with Crippen molar-refractivity contribution in [2.24, 2.45) is 0 Å². The van der Waals surface area contributed by atoms with Crippen LogP contribution in [0.5, 0.6) is 5.75 Å². The predicted octanol–water partition coefficient (Wildman–Crippen LogP) is 1.47. The number of piperazine rings is 1. The molecule has 1 aromatic carbocycles. The van der Waals surface area contributed by atoms with Crippen molar-refractivity contribution >= 4 is 15.9 Å². The van der Waals surface area contributed by atoms with Crippen LogP contribution in [0.15, 0.2) is 29.2 Å². The number of carbonyl (C=O) groups excluding carboxylic acids is 1. The van der Waals surface area contributed by atoms with E-state index in [-0.39, 0.29) is 16.8 Å². The minimum absolute atomic E-state index is 0.0103. The number of hydrogen-bond donors (Lipinski definition) is 0. The lowest BCUT2D eigenvalue weighted by Crippen LogP contribution is -2.59. The average molecular weight is 338 g/mol.